The second-order valence-corrected chi connectivity index (χ2v) is 6.98. The third kappa shape index (κ3) is 8.16. The summed E-state index contributed by atoms with van der Waals surface area (Å²) in [5.74, 6) is 0. The highest BCUT2D eigenvalue weighted by atomic mass is 32.2. The van der Waals surface area contributed by atoms with Crippen LogP contribution in [0, 0.1) is 0 Å². The lowest BCUT2D eigenvalue weighted by Gasteiger charge is -2.19. The number of hydroxylamine groups is 1. The number of hydrogen-bond acceptors (Lipinski definition) is 4. The predicted octanol–water partition coefficient (Wildman–Crippen LogP) is 2.29. The van der Waals surface area contributed by atoms with Gasteiger partial charge in [0.25, 0.3) is 0 Å². The van der Waals surface area contributed by atoms with Crippen LogP contribution in [-0.2, 0) is 21.5 Å². The monoisotopic (exact) mass is 314 g/mol. The predicted molar refractivity (Wildman–Crippen MR) is 84.9 cm³/mol. The molecule has 0 bridgehead atoms. The number of benzene rings is 1. The van der Waals surface area contributed by atoms with Crippen molar-refractivity contribution >= 4 is 10.0 Å². The molecular weight excluding hydrogens is 288 g/mol. The molecule has 0 unspecified atom stereocenters. The summed E-state index contributed by atoms with van der Waals surface area (Å²) >= 11 is 0. The SMILES string of the molecule is CS(=O)(=O)N(CCCCCCCN)OCc1ccccc1. The van der Waals surface area contributed by atoms with Gasteiger partial charge in [0.2, 0.25) is 10.0 Å². The molecule has 6 heteroatoms. The van der Waals surface area contributed by atoms with E-state index in [-0.39, 0.29) is 6.61 Å². The van der Waals surface area contributed by atoms with Crippen molar-refractivity contribution in [1.29, 1.82) is 0 Å². The Bertz CT molecular complexity index is 477. The smallest absolute Gasteiger partial charge is 0.233 e. The zero-order valence-corrected chi connectivity index (χ0v) is 13.5. The normalized spacial score (nSPS) is 12.0. The van der Waals surface area contributed by atoms with Crippen LogP contribution in [0.1, 0.15) is 37.7 Å². The van der Waals surface area contributed by atoms with E-state index in [4.69, 9.17) is 10.6 Å². The van der Waals surface area contributed by atoms with Crippen molar-refractivity contribution < 1.29 is 13.3 Å². The standard InChI is InChI=1S/C15H26N2O3S/c1-21(18,19)17(13-9-4-2-3-8-12-16)20-14-15-10-6-5-7-11-15/h5-7,10-11H,2-4,8-9,12-14,16H2,1H3. The van der Waals surface area contributed by atoms with Crippen LogP contribution in [0.5, 0.6) is 0 Å². The average Bonchev–Trinajstić information content (AvgIpc) is 2.45. The Balaban J connectivity index is 2.35. The van der Waals surface area contributed by atoms with Crippen LogP contribution in [0.3, 0.4) is 0 Å². The molecule has 0 aliphatic carbocycles. The van der Waals surface area contributed by atoms with Gasteiger partial charge in [-0.25, -0.2) is 8.42 Å². The quantitative estimate of drug-likeness (QED) is 0.502. The van der Waals surface area contributed by atoms with Crippen LogP contribution in [0.2, 0.25) is 0 Å². The first-order chi connectivity index (χ1) is 10.0. The van der Waals surface area contributed by atoms with Gasteiger partial charge in [0.1, 0.15) is 0 Å². The summed E-state index contributed by atoms with van der Waals surface area (Å²) in [6.45, 7) is 1.38. The first-order valence-electron chi connectivity index (χ1n) is 7.38. The molecule has 0 radical (unpaired) electrons. The zero-order chi connectivity index (χ0) is 15.6. The number of rotatable bonds is 11. The van der Waals surface area contributed by atoms with Gasteiger partial charge in [-0.05, 0) is 24.9 Å². The Morgan fingerprint density at radius 3 is 2.29 bits per heavy atom. The van der Waals surface area contributed by atoms with E-state index in [2.05, 4.69) is 0 Å². The topological polar surface area (TPSA) is 72.6 Å². The van der Waals surface area contributed by atoms with Crippen molar-refractivity contribution in [2.75, 3.05) is 19.3 Å². The summed E-state index contributed by atoms with van der Waals surface area (Å²) in [6, 6.07) is 9.54. The zero-order valence-electron chi connectivity index (χ0n) is 12.7. The molecule has 0 heterocycles. The lowest BCUT2D eigenvalue weighted by Crippen LogP contribution is -2.31. The minimum absolute atomic E-state index is 0.265. The van der Waals surface area contributed by atoms with Crippen molar-refractivity contribution in [3.63, 3.8) is 0 Å². The summed E-state index contributed by atoms with van der Waals surface area (Å²) in [6.07, 6.45) is 6.16. The van der Waals surface area contributed by atoms with Crippen molar-refractivity contribution in [2.45, 2.75) is 38.7 Å². The third-order valence-corrected chi connectivity index (χ3v) is 4.16. The number of unbranched alkanes of at least 4 members (excludes halogenated alkanes) is 4. The minimum Gasteiger partial charge on any atom is -0.330 e. The molecule has 1 rings (SSSR count). The van der Waals surface area contributed by atoms with Crippen molar-refractivity contribution in [1.82, 2.24) is 4.47 Å². The molecular formula is C15H26N2O3S. The Morgan fingerprint density at radius 2 is 1.67 bits per heavy atom. The number of nitrogens with zero attached hydrogens (tertiary/aromatic N) is 1. The van der Waals surface area contributed by atoms with Gasteiger partial charge in [0.15, 0.2) is 0 Å². The van der Waals surface area contributed by atoms with E-state index >= 15 is 0 Å². The van der Waals surface area contributed by atoms with Gasteiger partial charge in [-0.3, -0.25) is 4.84 Å². The molecule has 5 nitrogen and oxygen atoms in total. The minimum atomic E-state index is -3.34. The Hall–Kier alpha value is -0.950. The van der Waals surface area contributed by atoms with E-state index in [0.717, 1.165) is 48.7 Å². The second-order valence-electron chi connectivity index (χ2n) is 5.10. The molecule has 2 N–H and O–H groups in total. The van der Waals surface area contributed by atoms with Crippen molar-refractivity contribution in [3.8, 4) is 0 Å². The summed E-state index contributed by atoms with van der Waals surface area (Å²) in [4.78, 5) is 5.45. The molecule has 0 saturated heterocycles. The molecule has 1 aromatic carbocycles. The molecule has 0 spiro atoms. The lowest BCUT2D eigenvalue weighted by molar-refractivity contribution is -0.0962. The highest BCUT2D eigenvalue weighted by Crippen LogP contribution is 2.09. The van der Waals surface area contributed by atoms with Gasteiger partial charge in [-0.15, -0.1) is 0 Å². The van der Waals surface area contributed by atoms with Crippen LogP contribution < -0.4 is 5.73 Å². The van der Waals surface area contributed by atoms with E-state index < -0.39 is 10.0 Å². The van der Waals surface area contributed by atoms with Crippen LogP contribution in [0.4, 0.5) is 0 Å². The van der Waals surface area contributed by atoms with Crippen LogP contribution in [0.25, 0.3) is 0 Å². The molecule has 0 aliphatic rings. The Morgan fingerprint density at radius 1 is 1.05 bits per heavy atom. The van der Waals surface area contributed by atoms with Gasteiger partial charge in [0, 0.05) is 6.54 Å². The van der Waals surface area contributed by atoms with Gasteiger partial charge in [-0.2, -0.15) is 0 Å². The fourth-order valence-corrected chi connectivity index (χ4v) is 2.67. The molecule has 0 amide bonds. The molecule has 21 heavy (non-hydrogen) atoms. The van der Waals surface area contributed by atoms with Gasteiger partial charge >= 0.3 is 0 Å². The number of hydrogen-bond donors (Lipinski definition) is 1. The number of sulfonamides is 1. The molecule has 0 aliphatic heterocycles. The summed E-state index contributed by atoms with van der Waals surface area (Å²) in [7, 11) is -3.34. The van der Waals surface area contributed by atoms with Crippen LogP contribution in [0.15, 0.2) is 30.3 Å². The fourth-order valence-electron chi connectivity index (χ4n) is 1.96. The van der Waals surface area contributed by atoms with E-state index in [0.29, 0.717) is 6.54 Å². The highest BCUT2D eigenvalue weighted by molar-refractivity contribution is 7.88. The highest BCUT2D eigenvalue weighted by Gasteiger charge is 2.17. The van der Waals surface area contributed by atoms with Crippen molar-refractivity contribution in [3.05, 3.63) is 35.9 Å². The number of nitrogens with two attached hydrogens (primary N) is 1. The Kier molecular flexibility index (Phi) is 8.52. The maximum absolute atomic E-state index is 11.7. The summed E-state index contributed by atoms with van der Waals surface area (Å²) in [5.41, 5.74) is 6.39. The lowest BCUT2D eigenvalue weighted by atomic mass is 10.1. The van der Waals surface area contributed by atoms with Gasteiger partial charge < -0.3 is 5.73 Å². The molecule has 0 saturated carbocycles. The first-order valence-corrected chi connectivity index (χ1v) is 9.23. The Labute approximate surface area is 128 Å². The molecule has 1 aromatic rings. The summed E-state index contributed by atoms with van der Waals surface area (Å²) < 4.78 is 24.5. The maximum atomic E-state index is 11.7. The third-order valence-electron chi connectivity index (χ3n) is 3.13. The van der Waals surface area contributed by atoms with Crippen LogP contribution in [-0.4, -0.2) is 32.2 Å². The van der Waals surface area contributed by atoms with E-state index in [1.54, 1.807) is 0 Å². The molecule has 0 aromatic heterocycles. The van der Waals surface area contributed by atoms with Crippen molar-refractivity contribution in [2.24, 2.45) is 5.73 Å². The van der Waals surface area contributed by atoms with E-state index in [1.165, 1.54) is 6.26 Å². The molecule has 0 fully saturated rings. The second kappa shape index (κ2) is 9.89. The van der Waals surface area contributed by atoms with Gasteiger partial charge in [0.05, 0.1) is 12.9 Å². The van der Waals surface area contributed by atoms with Crippen LogP contribution >= 0.6 is 0 Å². The van der Waals surface area contributed by atoms with Gasteiger partial charge in [-0.1, -0.05) is 54.1 Å². The van der Waals surface area contributed by atoms with E-state index in [1.807, 2.05) is 30.3 Å². The van der Waals surface area contributed by atoms with E-state index in [9.17, 15) is 8.42 Å². The molecule has 0 atom stereocenters. The average molecular weight is 314 g/mol. The maximum Gasteiger partial charge on any atom is 0.233 e. The summed E-state index contributed by atoms with van der Waals surface area (Å²) in [5, 5.41) is 0. The largest absolute Gasteiger partial charge is 0.330 e. The molecule has 120 valence electrons. The fraction of sp³-hybridized carbons (Fsp3) is 0.600. The first kappa shape index (κ1) is 18.1.